The van der Waals surface area contributed by atoms with Gasteiger partial charge in [0.2, 0.25) is 5.78 Å². The number of fused-ring (bicyclic) bond motifs is 3. The predicted octanol–water partition coefficient (Wildman–Crippen LogP) is 3.42. The van der Waals surface area contributed by atoms with Gasteiger partial charge in [0.1, 0.15) is 4.70 Å². The number of rotatable bonds is 3. The molecule has 4 aliphatic carbocycles. The molecule has 152 valence electrons. The number of alkyl halides is 1. The molecule has 0 spiro atoms. The molecule has 0 amide bonds. The monoisotopic (exact) mass is 476 g/mol. The molecule has 3 aromatic heterocycles. The highest BCUT2D eigenvalue weighted by atomic mass is 79.9. The van der Waals surface area contributed by atoms with Gasteiger partial charge in [-0.2, -0.15) is 0 Å². The van der Waals surface area contributed by atoms with Gasteiger partial charge in [0.05, 0.1) is 10.9 Å². The number of carbonyl (C=O) groups is 1. The van der Waals surface area contributed by atoms with Crippen molar-refractivity contribution in [3.63, 3.8) is 0 Å². The van der Waals surface area contributed by atoms with E-state index in [2.05, 4.69) is 26.1 Å². The molecule has 0 N–H and O–H groups in total. The number of aryl methyl sites for hydroxylation is 1. The lowest BCUT2D eigenvalue weighted by Crippen LogP contribution is -2.56. The van der Waals surface area contributed by atoms with Crippen molar-refractivity contribution in [2.24, 2.45) is 24.3 Å². The SMILES string of the molecule is Cn1c(=O)c2sccc2n2c(COC(=O)C34CC5CC(CC(Br)(C5)C3)C4)nnc12. The number of halogens is 1. The Balaban J connectivity index is 1.32. The first-order valence-corrected chi connectivity index (χ1v) is 11.7. The maximum absolute atomic E-state index is 13.3. The molecule has 0 aliphatic heterocycles. The lowest BCUT2D eigenvalue weighted by atomic mass is 9.49. The van der Waals surface area contributed by atoms with Crippen molar-refractivity contribution in [3.8, 4) is 0 Å². The Labute approximate surface area is 179 Å². The molecule has 7 rings (SSSR count). The van der Waals surface area contributed by atoms with Crippen LogP contribution in [0.4, 0.5) is 0 Å². The Morgan fingerprint density at radius 3 is 2.79 bits per heavy atom. The van der Waals surface area contributed by atoms with Crippen LogP contribution in [0.5, 0.6) is 0 Å². The van der Waals surface area contributed by atoms with Crippen LogP contribution in [0.15, 0.2) is 16.2 Å². The van der Waals surface area contributed by atoms with E-state index in [0.29, 0.717) is 28.1 Å². The fraction of sp³-hybridized carbons (Fsp3) is 0.600. The van der Waals surface area contributed by atoms with Crippen LogP contribution >= 0.6 is 27.3 Å². The van der Waals surface area contributed by atoms with Crippen molar-refractivity contribution < 1.29 is 9.53 Å². The van der Waals surface area contributed by atoms with Gasteiger partial charge in [-0.25, -0.2) is 0 Å². The summed E-state index contributed by atoms with van der Waals surface area (Å²) in [7, 11) is 1.69. The first-order valence-electron chi connectivity index (χ1n) is 10.0. The van der Waals surface area contributed by atoms with Crippen molar-refractivity contribution in [2.45, 2.75) is 49.5 Å². The molecule has 0 aromatic carbocycles. The van der Waals surface area contributed by atoms with Crippen LogP contribution < -0.4 is 5.56 Å². The van der Waals surface area contributed by atoms with Gasteiger partial charge in [0.15, 0.2) is 12.4 Å². The summed E-state index contributed by atoms with van der Waals surface area (Å²) in [6.45, 7) is 0.0650. The Kier molecular flexibility index (Phi) is 3.68. The van der Waals surface area contributed by atoms with Gasteiger partial charge in [-0.1, -0.05) is 15.9 Å². The van der Waals surface area contributed by atoms with Crippen LogP contribution in [-0.4, -0.2) is 29.5 Å². The van der Waals surface area contributed by atoms with E-state index < -0.39 is 0 Å². The third-order valence-corrected chi connectivity index (χ3v) is 8.97. The fourth-order valence-corrected chi connectivity index (χ4v) is 8.72. The van der Waals surface area contributed by atoms with Crippen LogP contribution in [0, 0.1) is 17.3 Å². The predicted molar refractivity (Wildman–Crippen MR) is 112 cm³/mol. The molecule has 0 saturated heterocycles. The number of thiophene rings is 1. The minimum atomic E-state index is -0.362. The molecule has 29 heavy (non-hydrogen) atoms. The zero-order valence-electron chi connectivity index (χ0n) is 16.1. The smallest absolute Gasteiger partial charge is 0.312 e. The first-order chi connectivity index (χ1) is 13.9. The lowest BCUT2D eigenvalue weighted by molar-refractivity contribution is -0.171. The molecule has 3 aromatic rings. The molecule has 3 heterocycles. The zero-order chi connectivity index (χ0) is 20.0. The van der Waals surface area contributed by atoms with E-state index in [1.807, 2.05) is 15.8 Å². The highest BCUT2D eigenvalue weighted by Gasteiger charge is 2.60. The molecule has 4 aliphatic rings. The van der Waals surface area contributed by atoms with Gasteiger partial charge in [-0.3, -0.25) is 18.6 Å². The molecule has 4 bridgehead atoms. The van der Waals surface area contributed by atoms with Crippen molar-refractivity contribution in [2.75, 3.05) is 0 Å². The summed E-state index contributed by atoms with van der Waals surface area (Å²) < 4.78 is 9.93. The second kappa shape index (κ2) is 5.91. The third-order valence-electron chi connectivity index (χ3n) is 7.15. The highest BCUT2D eigenvalue weighted by molar-refractivity contribution is 9.10. The summed E-state index contributed by atoms with van der Waals surface area (Å²) in [6, 6.07) is 1.89. The van der Waals surface area contributed by atoms with E-state index in [1.54, 1.807) is 7.05 Å². The van der Waals surface area contributed by atoms with Crippen molar-refractivity contribution in [1.29, 1.82) is 0 Å². The van der Waals surface area contributed by atoms with Crippen LogP contribution in [0.2, 0.25) is 0 Å². The Hall–Kier alpha value is -1.74. The van der Waals surface area contributed by atoms with Gasteiger partial charge in [0.25, 0.3) is 5.56 Å². The number of aromatic nitrogens is 4. The van der Waals surface area contributed by atoms with Gasteiger partial charge in [-0.05, 0) is 61.8 Å². The topological polar surface area (TPSA) is 78.5 Å². The van der Waals surface area contributed by atoms with Crippen molar-refractivity contribution in [3.05, 3.63) is 27.6 Å². The molecule has 4 fully saturated rings. The average Bonchev–Trinajstić information content (AvgIpc) is 3.29. The van der Waals surface area contributed by atoms with E-state index in [0.717, 1.165) is 24.8 Å². The van der Waals surface area contributed by atoms with Gasteiger partial charge in [0, 0.05) is 11.4 Å². The standard InChI is InChI=1S/C20H21BrN4O3S/c1-24-16(26)15-13(2-3-29-15)25-14(22-23-18(24)25)9-28-17(27)19-5-11-4-12(6-19)8-20(21,7-11)10-19/h2-3,11-12H,4-10H2,1H3. The van der Waals surface area contributed by atoms with Gasteiger partial charge < -0.3 is 4.74 Å². The van der Waals surface area contributed by atoms with Crippen molar-refractivity contribution in [1.82, 2.24) is 19.2 Å². The second-order valence-electron chi connectivity index (χ2n) is 9.22. The zero-order valence-corrected chi connectivity index (χ0v) is 18.5. The molecule has 4 saturated carbocycles. The molecule has 2 atom stereocenters. The number of esters is 1. The summed E-state index contributed by atoms with van der Waals surface area (Å²) in [5.41, 5.74) is 0.312. The van der Waals surface area contributed by atoms with E-state index in [9.17, 15) is 9.59 Å². The average molecular weight is 477 g/mol. The summed E-state index contributed by atoms with van der Waals surface area (Å²) in [5.74, 6) is 2.15. The summed E-state index contributed by atoms with van der Waals surface area (Å²) in [4.78, 5) is 25.7. The number of hydrogen-bond acceptors (Lipinski definition) is 6. The highest BCUT2D eigenvalue weighted by Crippen LogP contribution is 2.64. The maximum Gasteiger partial charge on any atom is 0.312 e. The normalized spacial score (nSPS) is 33.0. The summed E-state index contributed by atoms with van der Waals surface area (Å²) >= 11 is 5.35. The summed E-state index contributed by atoms with van der Waals surface area (Å²) in [6.07, 6.45) is 6.37. The quantitative estimate of drug-likeness (QED) is 0.427. The lowest BCUT2D eigenvalue weighted by Gasteiger charge is -2.58. The first kappa shape index (κ1) is 18.1. The fourth-order valence-electron chi connectivity index (χ4n) is 6.42. The third kappa shape index (κ3) is 2.52. The van der Waals surface area contributed by atoms with E-state index >= 15 is 0 Å². The van der Waals surface area contributed by atoms with Crippen LogP contribution in [0.25, 0.3) is 16.0 Å². The number of nitrogens with zero attached hydrogens (tertiary/aromatic N) is 4. The molecule has 0 radical (unpaired) electrons. The largest absolute Gasteiger partial charge is 0.457 e. The van der Waals surface area contributed by atoms with E-state index in [-0.39, 0.29) is 27.9 Å². The van der Waals surface area contributed by atoms with Gasteiger partial charge >= 0.3 is 5.97 Å². The molecule has 2 unspecified atom stereocenters. The molecular formula is C20H21BrN4O3S. The maximum atomic E-state index is 13.3. The molecule has 7 nitrogen and oxygen atoms in total. The molecule has 9 heteroatoms. The van der Waals surface area contributed by atoms with Gasteiger partial charge in [-0.15, -0.1) is 21.5 Å². The number of carbonyl (C=O) groups excluding carboxylic acids is 1. The minimum Gasteiger partial charge on any atom is -0.457 e. The van der Waals surface area contributed by atoms with Crippen molar-refractivity contribution >= 4 is 49.2 Å². The second-order valence-corrected chi connectivity index (χ2v) is 11.8. The van der Waals surface area contributed by atoms with Crippen LogP contribution in [0.3, 0.4) is 0 Å². The number of hydrogen-bond donors (Lipinski definition) is 0. The summed E-state index contributed by atoms with van der Waals surface area (Å²) in [5, 5.41) is 10.3. The Morgan fingerprint density at radius 2 is 2.07 bits per heavy atom. The Morgan fingerprint density at radius 1 is 1.31 bits per heavy atom. The molecular weight excluding hydrogens is 456 g/mol. The minimum absolute atomic E-state index is 0.0650. The van der Waals surface area contributed by atoms with E-state index in [4.69, 9.17) is 4.74 Å². The van der Waals surface area contributed by atoms with Crippen LogP contribution in [0.1, 0.15) is 44.3 Å². The number of ether oxygens (including phenoxy) is 1. The Bertz CT molecular complexity index is 1210. The van der Waals surface area contributed by atoms with Crippen LogP contribution in [-0.2, 0) is 23.2 Å². The van der Waals surface area contributed by atoms with E-state index in [1.165, 1.54) is 35.2 Å².